The van der Waals surface area contributed by atoms with E-state index in [-0.39, 0.29) is 120 Å². The second-order valence-corrected chi connectivity index (χ2v) is 24.8. The van der Waals surface area contributed by atoms with Gasteiger partial charge in [0.1, 0.15) is 26.4 Å². The van der Waals surface area contributed by atoms with Gasteiger partial charge in [0.2, 0.25) is 50.2 Å². The quantitative estimate of drug-likeness (QED) is 0.0160. The van der Waals surface area contributed by atoms with E-state index < -0.39 is 135 Å². The monoisotopic (exact) mass is 1300 g/mol. The van der Waals surface area contributed by atoms with E-state index in [0.717, 1.165) is 0 Å². The van der Waals surface area contributed by atoms with Crippen LogP contribution in [0.15, 0.2) is 24.3 Å². The average molecular weight is 1300 g/mol. The smallest absolute Gasteiger partial charge is 0.469 e. The molecule has 0 fully saturated rings. The van der Waals surface area contributed by atoms with E-state index in [9.17, 15) is 57.4 Å². The highest BCUT2D eigenvalue weighted by Gasteiger charge is 2.43. The number of ether oxygens (including phenoxy) is 12. The fraction of sp³-hybridized carbons (Fsp3) is 0.429. The zero-order chi connectivity index (χ0) is 63.0. The lowest BCUT2D eigenvalue weighted by atomic mass is 9.76. The maximum Gasteiger partial charge on any atom is 0.469 e. The molecule has 0 unspecified atom stereocenters. The van der Waals surface area contributed by atoms with Gasteiger partial charge < -0.3 is 96.0 Å². The van der Waals surface area contributed by atoms with Crippen molar-refractivity contribution < 1.29 is 132 Å². The molecule has 0 aromatic heterocycles. The standard InChI is InChI=1S/C56H60O28P4/c1-5-17-69-53-45-37-25-38-34(14-10-22-82-86(60,61)62)40-27-42-36(16-12-24-84-88(66,67)68)44-28-43-35(15-11-23-83-87(63,64)65)41-26-39(33(37)13-9-21-81-85(57,58)59)47(75-29-73-45)54(70-18-6-2)49(41)77-31-79-51(43)56(72-20-8-4)52(44)80-32-78-50(42)55(71-19-7-3)48(40)76-30-74-46(38)53/h1-4,25-28,33-36H,9-24,29-32H2,(H2,57,58,59)(H2,60,61,62)(H2,63,64,65)(H2,66,67,68). The van der Waals surface area contributed by atoms with Gasteiger partial charge in [-0.25, -0.2) is 18.3 Å². The molecule has 1 aliphatic carbocycles. The summed E-state index contributed by atoms with van der Waals surface area (Å²) in [7, 11) is -20.2. The van der Waals surface area contributed by atoms with Crippen LogP contribution in [0.1, 0.15) is 120 Å². The van der Waals surface area contributed by atoms with Gasteiger partial charge in [-0.05, 0) is 75.6 Å². The zero-order valence-corrected chi connectivity index (χ0v) is 50.2. The van der Waals surface area contributed by atoms with Crippen LogP contribution >= 0.6 is 31.3 Å². The predicted octanol–water partition coefficient (Wildman–Crippen LogP) is 7.05. The first-order chi connectivity index (χ1) is 42.0. The lowest BCUT2D eigenvalue weighted by Crippen LogP contribution is -2.24. The Hall–Kier alpha value is -6.84. The maximum absolute atomic E-state index is 12.2. The van der Waals surface area contributed by atoms with Crippen LogP contribution in [0.25, 0.3) is 0 Å². The van der Waals surface area contributed by atoms with Crippen molar-refractivity contribution in [2.45, 2.75) is 75.0 Å². The van der Waals surface area contributed by atoms with Crippen molar-refractivity contribution in [3.8, 4) is 118 Å². The molecule has 4 heterocycles. The molecule has 8 bridgehead atoms. The molecule has 9 rings (SSSR count). The number of terminal acetylenes is 4. The lowest BCUT2D eigenvalue weighted by molar-refractivity contribution is 0.0840. The molecule has 4 aromatic carbocycles. The van der Waals surface area contributed by atoms with E-state index in [1.807, 2.05) is 0 Å². The van der Waals surface area contributed by atoms with Crippen LogP contribution in [-0.2, 0) is 36.4 Å². The van der Waals surface area contributed by atoms with Crippen LogP contribution in [0, 0.1) is 49.4 Å². The van der Waals surface area contributed by atoms with Crippen molar-refractivity contribution in [2.24, 2.45) is 0 Å². The van der Waals surface area contributed by atoms with E-state index in [2.05, 4.69) is 23.7 Å². The summed E-state index contributed by atoms with van der Waals surface area (Å²) in [6, 6.07) is 6.94. The Balaban J connectivity index is 1.49. The molecule has 32 heteroatoms. The summed E-state index contributed by atoms with van der Waals surface area (Å²) in [5, 5.41) is 0. The minimum atomic E-state index is -5.05. The molecular weight excluding hydrogens is 1240 g/mol. The molecule has 472 valence electrons. The number of hydrogen-bond donors (Lipinski definition) is 8. The third-order valence-electron chi connectivity index (χ3n) is 14.4. The van der Waals surface area contributed by atoms with Crippen LogP contribution in [0.2, 0.25) is 0 Å². The highest BCUT2D eigenvalue weighted by atomic mass is 31.2. The largest absolute Gasteiger partial charge is 0.473 e. The number of phosphoric ester groups is 4. The van der Waals surface area contributed by atoms with E-state index in [1.54, 1.807) is 24.3 Å². The third-order valence-corrected chi connectivity index (χ3v) is 16.5. The number of phosphoric acid groups is 4. The molecule has 0 radical (unpaired) electrons. The molecule has 8 N–H and O–H groups in total. The second kappa shape index (κ2) is 28.3. The molecule has 28 nitrogen and oxygen atoms in total. The fourth-order valence-electron chi connectivity index (χ4n) is 11.3. The Bertz CT molecular complexity index is 3040. The van der Waals surface area contributed by atoms with Crippen LogP contribution in [-0.4, -0.2) is 119 Å². The van der Waals surface area contributed by atoms with Crippen molar-refractivity contribution in [2.75, 3.05) is 80.0 Å². The molecule has 0 saturated heterocycles. The summed E-state index contributed by atoms with van der Waals surface area (Å²) in [5.74, 6) is 5.37. The fourth-order valence-corrected chi connectivity index (χ4v) is 12.8. The first kappa shape index (κ1) is 65.6. The number of hydrogen-bond acceptors (Lipinski definition) is 20. The first-order valence-electron chi connectivity index (χ1n) is 26.9. The van der Waals surface area contributed by atoms with Crippen LogP contribution in [0.4, 0.5) is 0 Å². The lowest BCUT2D eigenvalue weighted by Gasteiger charge is -2.37. The molecule has 0 spiro atoms. The van der Waals surface area contributed by atoms with E-state index in [4.69, 9.17) is 101 Å². The van der Waals surface area contributed by atoms with Crippen molar-refractivity contribution in [3.63, 3.8) is 0 Å². The van der Waals surface area contributed by atoms with Gasteiger partial charge in [-0.2, -0.15) is 0 Å². The summed E-state index contributed by atoms with van der Waals surface area (Å²) < 4.78 is 147. The highest BCUT2D eigenvalue weighted by Crippen LogP contribution is 2.63. The third kappa shape index (κ3) is 15.4. The molecule has 0 amide bonds. The average Bonchev–Trinajstić information content (AvgIpc) is 1.62. The summed E-state index contributed by atoms with van der Waals surface area (Å²) in [5.41, 5.74) is 2.46. The van der Waals surface area contributed by atoms with Gasteiger partial charge in [0.25, 0.3) is 0 Å². The van der Waals surface area contributed by atoms with Crippen LogP contribution in [0.3, 0.4) is 0 Å². The minimum absolute atomic E-state index is 0.000273. The van der Waals surface area contributed by atoms with E-state index in [0.29, 0.717) is 44.5 Å². The molecule has 0 saturated carbocycles. The molecule has 4 aliphatic heterocycles. The predicted molar refractivity (Wildman–Crippen MR) is 304 cm³/mol. The van der Waals surface area contributed by atoms with Gasteiger partial charge in [0, 0.05) is 68.2 Å². The molecule has 4 aromatic rings. The van der Waals surface area contributed by atoms with Crippen molar-refractivity contribution in [1.29, 1.82) is 0 Å². The number of benzene rings is 4. The summed E-state index contributed by atoms with van der Waals surface area (Å²) in [6.07, 6.45) is 23.0. The van der Waals surface area contributed by atoms with Gasteiger partial charge in [0.15, 0.2) is 46.0 Å². The zero-order valence-electron chi connectivity index (χ0n) is 46.6. The molecule has 0 atom stereocenters. The van der Waals surface area contributed by atoms with Gasteiger partial charge in [-0.15, -0.1) is 25.7 Å². The topological polar surface area (TPSA) is 378 Å². The number of rotatable bonds is 28. The summed E-state index contributed by atoms with van der Waals surface area (Å²) in [4.78, 5) is 79.2. The normalized spacial score (nSPS) is 17.8. The van der Waals surface area contributed by atoms with Crippen LogP contribution < -0.4 is 56.8 Å². The van der Waals surface area contributed by atoms with Gasteiger partial charge in [-0.1, -0.05) is 23.7 Å². The molecule has 5 aliphatic rings. The minimum Gasteiger partial charge on any atom is -0.473 e. The summed E-state index contributed by atoms with van der Waals surface area (Å²) in [6.45, 7) is -5.94. The Kier molecular flexibility index (Phi) is 21.1. The van der Waals surface area contributed by atoms with Gasteiger partial charge >= 0.3 is 31.3 Å². The van der Waals surface area contributed by atoms with Crippen molar-refractivity contribution >= 4 is 31.3 Å². The maximum atomic E-state index is 12.2. The highest BCUT2D eigenvalue weighted by molar-refractivity contribution is 7.47. The Morgan fingerprint density at radius 3 is 0.659 bits per heavy atom. The molecule has 88 heavy (non-hydrogen) atoms. The second-order valence-electron chi connectivity index (χ2n) is 19.8. The Morgan fingerprint density at radius 2 is 0.511 bits per heavy atom. The van der Waals surface area contributed by atoms with Gasteiger partial charge in [0.05, 0.1) is 26.4 Å². The molecular formula is C56H60O28P4. The van der Waals surface area contributed by atoms with Gasteiger partial charge in [-0.3, -0.25) is 18.1 Å². The van der Waals surface area contributed by atoms with Crippen molar-refractivity contribution in [1.82, 2.24) is 0 Å². The first-order valence-corrected chi connectivity index (χ1v) is 33.1. The summed E-state index contributed by atoms with van der Waals surface area (Å²) >= 11 is 0. The SMILES string of the molecule is C#CCOc1c2c3cc4c1OCOc1c(cc5c(c1OCC#C)OCOc1c(cc6c(c1OCC#C)OCOc1c(cc(c(c1OCC#C)OCO2)C3CCCOP(=O)(O)O)C6CCCOP(=O)(O)O)C5CCCOP(=O)(O)O)C4CCCOP(=O)(O)O. The Morgan fingerprint density at radius 1 is 0.341 bits per heavy atom. The van der Waals surface area contributed by atoms with E-state index in [1.165, 1.54) is 0 Å². The Labute approximate surface area is 504 Å². The van der Waals surface area contributed by atoms with Crippen LogP contribution in [0.5, 0.6) is 69.0 Å². The van der Waals surface area contributed by atoms with Crippen molar-refractivity contribution in [3.05, 3.63) is 68.8 Å². The van der Waals surface area contributed by atoms with E-state index >= 15 is 0 Å².